The van der Waals surface area contributed by atoms with E-state index in [1.807, 2.05) is 33.9 Å². The number of fused-ring (bicyclic) bond motifs is 1. The zero-order valence-electron chi connectivity index (χ0n) is 13.4. The molecule has 2 amide bonds. The Morgan fingerprint density at radius 2 is 2.13 bits per heavy atom. The Hall–Kier alpha value is -2.28. The molecule has 2 aromatic rings. The minimum atomic E-state index is -0.218. The zero-order valence-corrected chi connectivity index (χ0v) is 14.2. The van der Waals surface area contributed by atoms with Gasteiger partial charge in [0.2, 0.25) is 5.91 Å². The third-order valence-electron chi connectivity index (χ3n) is 3.92. The fourth-order valence-corrected chi connectivity index (χ4v) is 3.42. The first-order chi connectivity index (χ1) is 10.9. The Kier molecular flexibility index (Phi) is 3.89. The third kappa shape index (κ3) is 2.84. The first-order valence-electron chi connectivity index (χ1n) is 7.30. The average molecular weight is 330 g/mol. The molecule has 1 atom stereocenters. The molecule has 6 nitrogen and oxygen atoms in total. The molecule has 3 rings (SSSR count). The molecule has 1 aromatic heterocycles. The second kappa shape index (κ2) is 5.73. The summed E-state index contributed by atoms with van der Waals surface area (Å²) in [4.78, 5) is 25.2. The molecule has 23 heavy (non-hydrogen) atoms. The predicted octanol–water partition coefficient (Wildman–Crippen LogP) is 2.72. The standard InChI is InChI=1S/C16H18N4O2S/c1-8-14(9(2)20(4)19-8)18-16(22)11-5-6-13-12(7-11)17-15(21)10(3)23-13/h5-7,10H,1-4H3,(H,17,21)(H,18,22)/t10-/m1/s1. The molecule has 2 N–H and O–H groups in total. The SMILES string of the molecule is Cc1nn(C)c(C)c1NC(=O)c1ccc2c(c1)NC(=O)[C@@H](C)S2. The summed E-state index contributed by atoms with van der Waals surface area (Å²) in [6.07, 6.45) is 0. The van der Waals surface area contributed by atoms with Crippen molar-refractivity contribution in [3.8, 4) is 0 Å². The number of aryl methyl sites for hydroxylation is 2. The first-order valence-corrected chi connectivity index (χ1v) is 8.18. The molecule has 0 saturated carbocycles. The van der Waals surface area contributed by atoms with E-state index in [1.54, 1.807) is 16.8 Å². The van der Waals surface area contributed by atoms with Crippen molar-refractivity contribution in [2.45, 2.75) is 30.9 Å². The summed E-state index contributed by atoms with van der Waals surface area (Å²) in [7, 11) is 1.84. The molecular formula is C16H18N4O2S. The first kappa shape index (κ1) is 15.6. The normalized spacial score (nSPS) is 16.7. The number of hydrogen-bond donors (Lipinski definition) is 2. The van der Waals surface area contributed by atoms with Crippen LogP contribution in [0.15, 0.2) is 23.1 Å². The summed E-state index contributed by atoms with van der Waals surface area (Å²) in [6.45, 7) is 5.62. The van der Waals surface area contributed by atoms with Crippen molar-refractivity contribution in [1.29, 1.82) is 0 Å². The lowest BCUT2D eigenvalue weighted by atomic mass is 10.1. The Labute approximate surface area is 138 Å². The van der Waals surface area contributed by atoms with Crippen molar-refractivity contribution < 1.29 is 9.59 Å². The zero-order chi connectivity index (χ0) is 16.7. The highest BCUT2D eigenvalue weighted by atomic mass is 32.2. The maximum atomic E-state index is 12.5. The largest absolute Gasteiger partial charge is 0.324 e. The lowest BCUT2D eigenvalue weighted by Gasteiger charge is -2.21. The Morgan fingerprint density at radius 1 is 1.39 bits per heavy atom. The highest BCUT2D eigenvalue weighted by Gasteiger charge is 2.24. The van der Waals surface area contributed by atoms with Crippen LogP contribution >= 0.6 is 11.8 Å². The minimum absolute atomic E-state index is 0.0426. The fourth-order valence-electron chi connectivity index (χ4n) is 2.49. The van der Waals surface area contributed by atoms with Crippen LogP contribution in [0.25, 0.3) is 0 Å². The number of hydrogen-bond acceptors (Lipinski definition) is 4. The number of rotatable bonds is 2. The van der Waals surface area contributed by atoms with Crippen molar-refractivity contribution in [2.75, 3.05) is 10.6 Å². The molecule has 1 aromatic carbocycles. The molecule has 7 heteroatoms. The van der Waals surface area contributed by atoms with Crippen LogP contribution < -0.4 is 10.6 Å². The molecular weight excluding hydrogens is 312 g/mol. The van der Waals surface area contributed by atoms with Gasteiger partial charge in [-0.05, 0) is 39.0 Å². The number of amides is 2. The van der Waals surface area contributed by atoms with Gasteiger partial charge < -0.3 is 10.6 Å². The van der Waals surface area contributed by atoms with E-state index in [-0.39, 0.29) is 17.1 Å². The Balaban J connectivity index is 1.86. The van der Waals surface area contributed by atoms with E-state index in [0.717, 1.165) is 22.0 Å². The quantitative estimate of drug-likeness (QED) is 0.888. The second-order valence-corrected chi connectivity index (χ2v) is 6.97. The van der Waals surface area contributed by atoms with E-state index in [1.165, 1.54) is 11.8 Å². The lowest BCUT2D eigenvalue weighted by Crippen LogP contribution is -2.26. The van der Waals surface area contributed by atoms with E-state index in [0.29, 0.717) is 11.3 Å². The maximum Gasteiger partial charge on any atom is 0.255 e. The molecule has 0 unspecified atom stereocenters. The molecule has 1 aliphatic heterocycles. The van der Waals surface area contributed by atoms with Gasteiger partial charge in [0.25, 0.3) is 5.91 Å². The van der Waals surface area contributed by atoms with Gasteiger partial charge in [0.1, 0.15) is 0 Å². The number of thioether (sulfide) groups is 1. The summed E-state index contributed by atoms with van der Waals surface area (Å²) in [5, 5.41) is 9.91. The van der Waals surface area contributed by atoms with Gasteiger partial charge in [-0.15, -0.1) is 11.8 Å². The van der Waals surface area contributed by atoms with Crippen molar-refractivity contribution in [3.05, 3.63) is 35.2 Å². The van der Waals surface area contributed by atoms with E-state index in [9.17, 15) is 9.59 Å². The second-order valence-electron chi connectivity index (χ2n) is 5.58. The summed E-state index contributed by atoms with van der Waals surface area (Å²) in [5.41, 5.74) is 3.58. The number of nitrogens with zero attached hydrogens (tertiary/aromatic N) is 2. The number of benzene rings is 1. The van der Waals surface area contributed by atoms with Crippen LogP contribution in [-0.2, 0) is 11.8 Å². The van der Waals surface area contributed by atoms with E-state index < -0.39 is 0 Å². The van der Waals surface area contributed by atoms with E-state index >= 15 is 0 Å². The van der Waals surface area contributed by atoms with Crippen LogP contribution in [0.2, 0.25) is 0 Å². The van der Waals surface area contributed by atoms with Gasteiger partial charge in [-0.2, -0.15) is 5.10 Å². The third-order valence-corrected chi connectivity index (χ3v) is 5.10. The number of aromatic nitrogens is 2. The Bertz CT molecular complexity index is 813. The summed E-state index contributed by atoms with van der Waals surface area (Å²) >= 11 is 1.50. The lowest BCUT2D eigenvalue weighted by molar-refractivity contribution is -0.115. The van der Waals surface area contributed by atoms with Crippen molar-refractivity contribution in [1.82, 2.24) is 9.78 Å². The molecule has 0 bridgehead atoms. The number of carbonyl (C=O) groups excluding carboxylic acids is 2. The molecule has 0 fully saturated rings. The van der Waals surface area contributed by atoms with Crippen LogP contribution in [0.3, 0.4) is 0 Å². The van der Waals surface area contributed by atoms with Crippen molar-refractivity contribution >= 4 is 35.0 Å². The molecule has 0 spiro atoms. The van der Waals surface area contributed by atoms with Crippen LogP contribution in [0.1, 0.15) is 28.7 Å². The highest BCUT2D eigenvalue weighted by molar-refractivity contribution is 8.00. The highest BCUT2D eigenvalue weighted by Crippen LogP contribution is 2.36. The van der Waals surface area contributed by atoms with Gasteiger partial charge in [-0.25, -0.2) is 0 Å². The van der Waals surface area contributed by atoms with Gasteiger partial charge in [0.05, 0.1) is 28.0 Å². The van der Waals surface area contributed by atoms with Crippen LogP contribution in [0, 0.1) is 13.8 Å². The molecule has 120 valence electrons. The van der Waals surface area contributed by atoms with Crippen LogP contribution in [-0.4, -0.2) is 26.8 Å². The molecule has 0 aliphatic carbocycles. The van der Waals surface area contributed by atoms with Gasteiger partial charge in [0.15, 0.2) is 0 Å². The number of carbonyl (C=O) groups is 2. The topological polar surface area (TPSA) is 76.0 Å². The predicted molar refractivity (Wildman–Crippen MR) is 91.0 cm³/mol. The van der Waals surface area contributed by atoms with Crippen molar-refractivity contribution in [2.24, 2.45) is 7.05 Å². The van der Waals surface area contributed by atoms with Gasteiger partial charge in [-0.3, -0.25) is 14.3 Å². The molecule has 1 aliphatic rings. The number of anilines is 2. The smallest absolute Gasteiger partial charge is 0.255 e. The van der Waals surface area contributed by atoms with E-state index in [2.05, 4.69) is 15.7 Å². The molecule has 0 radical (unpaired) electrons. The van der Waals surface area contributed by atoms with Crippen LogP contribution in [0.4, 0.5) is 11.4 Å². The molecule has 2 heterocycles. The van der Waals surface area contributed by atoms with Crippen molar-refractivity contribution in [3.63, 3.8) is 0 Å². The molecule has 0 saturated heterocycles. The maximum absolute atomic E-state index is 12.5. The fraction of sp³-hybridized carbons (Fsp3) is 0.312. The summed E-state index contributed by atoms with van der Waals surface area (Å²) in [5.74, 6) is -0.260. The monoisotopic (exact) mass is 330 g/mol. The Morgan fingerprint density at radius 3 is 2.78 bits per heavy atom. The summed E-state index contributed by atoms with van der Waals surface area (Å²) in [6, 6.07) is 5.35. The van der Waals surface area contributed by atoms with Gasteiger partial charge in [-0.1, -0.05) is 0 Å². The number of nitrogens with one attached hydrogen (secondary N) is 2. The minimum Gasteiger partial charge on any atom is -0.324 e. The van der Waals surface area contributed by atoms with E-state index in [4.69, 9.17) is 0 Å². The van der Waals surface area contributed by atoms with Gasteiger partial charge >= 0.3 is 0 Å². The average Bonchev–Trinajstić information content (AvgIpc) is 2.74. The van der Waals surface area contributed by atoms with Crippen LogP contribution in [0.5, 0.6) is 0 Å². The van der Waals surface area contributed by atoms with Gasteiger partial charge in [0, 0.05) is 17.5 Å². The summed E-state index contributed by atoms with van der Waals surface area (Å²) < 4.78 is 1.73.